The maximum absolute atomic E-state index is 5.29. The molecule has 0 saturated carbocycles. The molecule has 1 aromatic carbocycles. The number of rotatable bonds is 3. The lowest BCUT2D eigenvalue weighted by Gasteiger charge is -2.34. The molecular weight excluding hydrogens is 238 g/mol. The van der Waals surface area contributed by atoms with E-state index < -0.39 is 0 Å². The van der Waals surface area contributed by atoms with Crippen molar-refractivity contribution >= 4 is 0 Å². The molecule has 0 aliphatic carbocycles. The van der Waals surface area contributed by atoms with Gasteiger partial charge in [-0.3, -0.25) is 0 Å². The van der Waals surface area contributed by atoms with Gasteiger partial charge < -0.3 is 15.0 Å². The zero-order valence-corrected chi connectivity index (χ0v) is 11.4. The molecule has 0 radical (unpaired) electrons. The number of methoxy groups -OCH3 is 1. The Morgan fingerprint density at radius 3 is 3.16 bits per heavy atom. The smallest absolute Gasteiger partial charge is 0.119 e. The quantitative estimate of drug-likeness (QED) is 0.884. The monoisotopic (exact) mass is 257 g/mol. The second-order valence-corrected chi connectivity index (χ2v) is 5.27. The van der Waals surface area contributed by atoms with Gasteiger partial charge in [-0.05, 0) is 31.0 Å². The zero-order chi connectivity index (χ0) is 13.3. The Morgan fingerprint density at radius 2 is 2.32 bits per heavy atom. The SMILES string of the molecule is COc1cccc(CC2(C)NCCc3[nH]cnc32)c1. The van der Waals surface area contributed by atoms with Crippen LogP contribution in [0.25, 0.3) is 0 Å². The number of fused-ring (bicyclic) bond motifs is 1. The predicted molar refractivity (Wildman–Crippen MR) is 74.3 cm³/mol. The molecule has 1 aliphatic heterocycles. The van der Waals surface area contributed by atoms with E-state index in [0.29, 0.717) is 0 Å². The van der Waals surface area contributed by atoms with Crippen LogP contribution in [0.5, 0.6) is 5.75 Å². The molecule has 1 aromatic heterocycles. The van der Waals surface area contributed by atoms with Crippen LogP contribution in [0.4, 0.5) is 0 Å². The second kappa shape index (κ2) is 4.70. The largest absolute Gasteiger partial charge is 0.497 e. The van der Waals surface area contributed by atoms with E-state index >= 15 is 0 Å². The van der Waals surface area contributed by atoms with Crippen molar-refractivity contribution in [2.45, 2.75) is 25.3 Å². The van der Waals surface area contributed by atoms with Gasteiger partial charge >= 0.3 is 0 Å². The Bertz CT molecular complexity index is 578. The third kappa shape index (κ3) is 2.24. The van der Waals surface area contributed by atoms with E-state index in [1.807, 2.05) is 12.1 Å². The number of benzene rings is 1. The third-order valence-corrected chi connectivity index (χ3v) is 3.82. The molecule has 3 rings (SSSR count). The number of nitrogens with one attached hydrogen (secondary N) is 2. The van der Waals surface area contributed by atoms with E-state index in [9.17, 15) is 0 Å². The molecule has 1 atom stereocenters. The van der Waals surface area contributed by atoms with Gasteiger partial charge in [-0.1, -0.05) is 12.1 Å². The minimum Gasteiger partial charge on any atom is -0.497 e. The van der Waals surface area contributed by atoms with Gasteiger partial charge in [0.05, 0.1) is 24.7 Å². The summed E-state index contributed by atoms with van der Waals surface area (Å²) in [4.78, 5) is 7.74. The lowest BCUT2D eigenvalue weighted by molar-refractivity contribution is 0.334. The molecule has 2 heterocycles. The maximum Gasteiger partial charge on any atom is 0.119 e. The fraction of sp³-hybridized carbons (Fsp3) is 0.400. The first kappa shape index (κ1) is 12.2. The summed E-state index contributed by atoms with van der Waals surface area (Å²) in [7, 11) is 1.70. The standard InChI is InChI=1S/C15H19N3O/c1-15(9-11-4-3-5-12(8-11)19-2)14-13(6-7-18-15)16-10-17-14/h3-5,8,10,18H,6-7,9H2,1-2H3,(H,16,17). The number of H-pyrrole nitrogens is 1. The second-order valence-electron chi connectivity index (χ2n) is 5.27. The van der Waals surface area contributed by atoms with Crippen molar-refractivity contribution in [3.63, 3.8) is 0 Å². The maximum atomic E-state index is 5.29. The van der Waals surface area contributed by atoms with E-state index in [0.717, 1.165) is 30.8 Å². The predicted octanol–water partition coefficient (Wildman–Crippen LogP) is 2.02. The summed E-state index contributed by atoms with van der Waals surface area (Å²) in [6, 6.07) is 8.23. The minimum absolute atomic E-state index is 0.111. The molecule has 0 saturated heterocycles. The lowest BCUT2D eigenvalue weighted by atomic mass is 9.85. The summed E-state index contributed by atoms with van der Waals surface area (Å²) in [5.74, 6) is 0.902. The van der Waals surface area contributed by atoms with Gasteiger partial charge in [-0.15, -0.1) is 0 Å². The number of hydrogen-bond donors (Lipinski definition) is 2. The zero-order valence-electron chi connectivity index (χ0n) is 11.4. The van der Waals surface area contributed by atoms with Gasteiger partial charge in [0.25, 0.3) is 0 Å². The highest BCUT2D eigenvalue weighted by atomic mass is 16.5. The van der Waals surface area contributed by atoms with Crippen molar-refractivity contribution in [3.8, 4) is 5.75 Å². The Hall–Kier alpha value is -1.81. The number of ether oxygens (including phenoxy) is 1. The molecule has 0 bridgehead atoms. The van der Waals surface area contributed by atoms with E-state index in [4.69, 9.17) is 4.74 Å². The van der Waals surface area contributed by atoms with Crippen LogP contribution in [-0.2, 0) is 18.4 Å². The topological polar surface area (TPSA) is 49.9 Å². The van der Waals surface area contributed by atoms with Crippen molar-refractivity contribution in [1.29, 1.82) is 0 Å². The first-order valence-electron chi connectivity index (χ1n) is 6.62. The van der Waals surface area contributed by atoms with Crippen LogP contribution in [0.15, 0.2) is 30.6 Å². The Morgan fingerprint density at radius 1 is 1.42 bits per heavy atom. The van der Waals surface area contributed by atoms with Gasteiger partial charge in [0, 0.05) is 18.7 Å². The van der Waals surface area contributed by atoms with Gasteiger partial charge in [0.15, 0.2) is 0 Å². The van der Waals surface area contributed by atoms with Gasteiger partial charge in [0.2, 0.25) is 0 Å². The van der Waals surface area contributed by atoms with Crippen LogP contribution in [0, 0.1) is 0 Å². The minimum atomic E-state index is -0.111. The van der Waals surface area contributed by atoms with E-state index in [-0.39, 0.29) is 5.54 Å². The summed E-state index contributed by atoms with van der Waals surface area (Å²) >= 11 is 0. The summed E-state index contributed by atoms with van der Waals surface area (Å²) in [6.45, 7) is 3.20. The number of imidazole rings is 1. The molecule has 4 heteroatoms. The molecule has 0 amide bonds. The highest BCUT2D eigenvalue weighted by Gasteiger charge is 2.34. The Labute approximate surface area is 113 Å². The number of aromatic nitrogens is 2. The van der Waals surface area contributed by atoms with Gasteiger partial charge in [-0.2, -0.15) is 0 Å². The summed E-state index contributed by atoms with van der Waals surface area (Å²) in [6.07, 6.45) is 3.71. The lowest BCUT2D eigenvalue weighted by Crippen LogP contribution is -2.46. The molecule has 2 N–H and O–H groups in total. The van der Waals surface area contributed by atoms with E-state index in [1.54, 1.807) is 13.4 Å². The number of hydrogen-bond acceptors (Lipinski definition) is 3. The number of aromatic amines is 1. The summed E-state index contributed by atoms with van der Waals surface area (Å²) in [5.41, 5.74) is 3.54. The Kier molecular flexibility index (Phi) is 3.03. The van der Waals surface area contributed by atoms with Crippen molar-refractivity contribution in [2.24, 2.45) is 0 Å². The molecular formula is C15H19N3O. The molecule has 0 fully saturated rings. The van der Waals surface area contributed by atoms with E-state index in [2.05, 4.69) is 34.3 Å². The highest BCUT2D eigenvalue weighted by Crippen LogP contribution is 2.30. The van der Waals surface area contributed by atoms with Gasteiger partial charge in [0.1, 0.15) is 5.75 Å². The van der Waals surface area contributed by atoms with Crippen LogP contribution in [0.1, 0.15) is 23.9 Å². The fourth-order valence-electron chi connectivity index (χ4n) is 2.87. The first-order valence-corrected chi connectivity index (χ1v) is 6.62. The molecule has 4 nitrogen and oxygen atoms in total. The average Bonchev–Trinajstić information content (AvgIpc) is 2.89. The van der Waals surface area contributed by atoms with E-state index in [1.165, 1.54) is 11.3 Å². The van der Waals surface area contributed by atoms with Crippen molar-refractivity contribution < 1.29 is 4.74 Å². The molecule has 100 valence electrons. The molecule has 0 spiro atoms. The molecule has 1 unspecified atom stereocenters. The van der Waals surface area contributed by atoms with Crippen LogP contribution in [0.2, 0.25) is 0 Å². The van der Waals surface area contributed by atoms with Crippen LogP contribution < -0.4 is 10.1 Å². The van der Waals surface area contributed by atoms with Crippen molar-refractivity contribution in [3.05, 3.63) is 47.5 Å². The van der Waals surface area contributed by atoms with Gasteiger partial charge in [-0.25, -0.2) is 4.98 Å². The normalized spacial score (nSPS) is 22.0. The summed E-state index contributed by atoms with van der Waals surface area (Å²) in [5, 5.41) is 3.60. The number of nitrogens with zero attached hydrogens (tertiary/aromatic N) is 1. The molecule has 19 heavy (non-hydrogen) atoms. The molecule has 1 aliphatic rings. The van der Waals surface area contributed by atoms with Crippen LogP contribution in [-0.4, -0.2) is 23.6 Å². The van der Waals surface area contributed by atoms with Crippen molar-refractivity contribution in [2.75, 3.05) is 13.7 Å². The van der Waals surface area contributed by atoms with Crippen molar-refractivity contribution in [1.82, 2.24) is 15.3 Å². The molecule has 2 aromatic rings. The Balaban J connectivity index is 1.90. The fourth-order valence-corrected chi connectivity index (χ4v) is 2.87. The third-order valence-electron chi connectivity index (χ3n) is 3.82. The first-order chi connectivity index (χ1) is 9.21. The summed E-state index contributed by atoms with van der Waals surface area (Å²) < 4.78 is 5.29. The average molecular weight is 257 g/mol. The highest BCUT2D eigenvalue weighted by molar-refractivity contribution is 5.33. The van der Waals surface area contributed by atoms with Crippen LogP contribution >= 0.6 is 0 Å². The van der Waals surface area contributed by atoms with Crippen LogP contribution in [0.3, 0.4) is 0 Å².